The highest BCUT2D eigenvalue weighted by molar-refractivity contribution is 5.90. The molecule has 3 atom stereocenters. The molecule has 4 rings (SSSR count). The maximum Gasteiger partial charge on any atom is 0.337 e. The van der Waals surface area contributed by atoms with Gasteiger partial charge in [0.2, 0.25) is 0 Å². The standard InChI is InChI=1S/C26H27NO7/c1-4-5-16(17-8-6-15(26(31)33-3)11-22(17)32-2)20-13-27-21-9-7-14(10-18(20)21)24-19(25(29)30)12-23(28)34-24/h6-11,13,16,19,24,27H,4-5,12H2,1-3H3,(H,29,30). The van der Waals surface area contributed by atoms with Crippen LogP contribution in [-0.2, 0) is 19.1 Å². The minimum atomic E-state index is -1.05. The molecule has 0 saturated carbocycles. The van der Waals surface area contributed by atoms with E-state index in [9.17, 15) is 19.5 Å². The smallest absolute Gasteiger partial charge is 0.337 e. The van der Waals surface area contributed by atoms with Crippen molar-refractivity contribution >= 4 is 28.8 Å². The first kappa shape index (κ1) is 23.4. The molecule has 8 heteroatoms. The summed E-state index contributed by atoms with van der Waals surface area (Å²) in [5, 5.41) is 10.5. The molecular formula is C26H27NO7. The van der Waals surface area contributed by atoms with Gasteiger partial charge in [-0.2, -0.15) is 0 Å². The van der Waals surface area contributed by atoms with Gasteiger partial charge in [0.15, 0.2) is 0 Å². The van der Waals surface area contributed by atoms with E-state index >= 15 is 0 Å². The zero-order valence-corrected chi connectivity index (χ0v) is 19.3. The Labute approximate surface area is 196 Å². The van der Waals surface area contributed by atoms with Crippen LogP contribution in [0.5, 0.6) is 5.75 Å². The Kier molecular flexibility index (Phi) is 6.58. The Morgan fingerprint density at radius 3 is 2.65 bits per heavy atom. The largest absolute Gasteiger partial charge is 0.496 e. The second kappa shape index (κ2) is 9.59. The fraction of sp³-hybridized carbons (Fsp3) is 0.346. The van der Waals surface area contributed by atoms with E-state index in [1.54, 1.807) is 25.3 Å². The Hall–Kier alpha value is -3.81. The molecule has 0 spiro atoms. The van der Waals surface area contributed by atoms with Crippen LogP contribution in [0.4, 0.5) is 0 Å². The van der Waals surface area contributed by atoms with Crippen LogP contribution < -0.4 is 4.74 Å². The average Bonchev–Trinajstić information content (AvgIpc) is 3.44. The van der Waals surface area contributed by atoms with Gasteiger partial charge in [-0.15, -0.1) is 0 Å². The molecule has 178 valence electrons. The summed E-state index contributed by atoms with van der Waals surface area (Å²) < 4.78 is 15.8. The van der Waals surface area contributed by atoms with Gasteiger partial charge in [0.05, 0.1) is 26.2 Å². The number of hydrogen-bond acceptors (Lipinski definition) is 6. The van der Waals surface area contributed by atoms with E-state index in [1.807, 2.05) is 24.4 Å². The topological polar surface area (TPSA) is 115 Å². The summed E-state index contributed by atoms with van der Waals surface area (Å²) >= 11 is 0. The van der Waals surface area contributed by atoms with Gasteiger partial charge in [-0.05, 0) is 41.8 Å². The molecule has 0 bridgehead atoms. The molecule has 1 fully saturated rings. The lowest BCUT2D eigenvalue weighted by Gasteiger charge is -2.20. The van der Waals surface area contributed by atoms with Crippen molar-refractivity contribution in [2.45, 2.75) is 38.2 Å². The molecule has 1 aliphatic rings. The zero-order chi connectivity index (χ0) is 24.4. The number of carbonyl (C=O) groups excluding carboxylic acids is 2. The Morgan fingerprint density at radius 2 is 1.97 bits per heavy atom. The van der Waals surface area contributed by atoms with Crippen molar-refractivity contribution in [2.75, 3.05) is 14.2 Å². The number of ether oxygens (including phenoxy) is 3. The van der Waals surface area contributed by atoms with Crippen LogP contribution in [0, 0.1) is 5.92 Å². The number of esters is 2. The van der Waals surface area contributed by atoms with Crippen molar-refractivity contribution in [3.8, 4) is 5.75 Å². The molecule has 0 amide bonds. The van der Waals surface area contributed by atoms with E-state index < -0.39 is 29.9 Å². The number of aliphatic carboxylic acids is 1. The molecule has 1 aliphatic heterocycles. The number of rotatable bonds is 8. The van der Waals surface area contributed by atoms with Crippen molar-refractivity contribution in [1.82, 2.24) is 4.98 Å². The number of H-pyrrole nitrogens is 1. The first-order valence-electron chi connectivity index (χ1n) is 11.2. The van der Waals surface area contributed by atoms with Crippen LogP contribution in [0.2, 0.25) is 0 Å². The molecule has 0 radical (unpaired) electrons. The van der Waals surface area contributed by atoms with Gasteiger partial charge in [0.1, 0.15) is 17.8 Å². The molecule has 8 nitrogen and oxygen atoms in total. The van der Waals surface area contributed by atoms with Gasteiger partial charge in [-0.1, -0.05) is 25.5 Å². The number of cyclic esters (lactones) is 1. The van der Waals surface area contributed by atoms with Gasteiger partial charge < -0.3 is 24.3 Å². The minimum absolute atomic E-state index is 0.0444. The predicted molar refractivity (Wildman–Crippen MR) is 124 cm³/mol. The fourth-order valence-electron chi connectivity index (χ4n) is 4.71. The molecular weight excluding hydrogens is 438 g/mol. The summed E-state index contributed by atoms with van der Waals surface area (Å²) in [6, 6.07) is 10.9. The first-order valence-corrected chi connectivity index (χ1v) is 11.2. The molecule has 3 aromatic rings. The third-order valence-corrected chi connectivity index (χ3v) is 6.38. The van der Waals surface area contributed by atoms with Crippen molar-refractivity contribution in [3.63, 3.8) is 0 Å². The lowest BCUT2D eigenvalue weighted by Crippen LogP contribution is -2.17. The van der Waals surface area contributed by atoms with Crippen molar-refractivity contribution < 1.29 is 33.7 Å². The van der Waals surface area contributed by atoms with Crippen LogP contribution in [0.3, 0.4) is 0 Å². The Bertz CT molecular complexity index is 1250. The normalized spacial score (nSPS) is 18.5. The molecule has 2 N–H and O–H groups in total. The first-order chi connectivity index (χ1) is 16.4. The number of methoxy groups -OCH3 is 2. The monoisotopic (exact) mass is 465 g/mol. The van der Waals surface area contributed by atoms with E-state index in [0.29, 0.717) is 16.9 Å². The molecule has 0 aliphatic carbocycles. The quantitative estimate of drug-likeness (QED) is 0.468. The van der Waals surface area contributed by atoms with E-state index in [2.05, 4.69) is 11.9 Å². The zero-order valence-electron chi connectivity index (χ0n) is 19.3. The molecule has 1 aromatic heterocycles. The summed E-state index contributed by atoms with van der Waals surface area (Å²) in [6.07, 6.45) is 2.70. The third-order valence-electron chi connectivity index (χ3n) is 6.38. The second-order valence-electron chi connectivity index (χ2n) is 8.40. The van der Waals surface area contributed by atoms with Gasteiger partial charge in [-0.3, -0.25) is 9.59 Å². The summed E-state index contributed by atoms with van der Waals surface area (Å²) in [7, 11) is 2.90. The van der Waals surface area contributed by atoms with E-state index in [0.717, 1.165) is 34.9 Å². The van der Waals surface area contributed by atoms with Gasteiger partial charge in [-0.25, -0.2) is 4.79 Å². The molecule has 2 aromatic carbocycles. The number of carbonyl (C=O) groups is 3. The van der Waals surface area contributed by atoms with Crippen molar-refractivity contribution in [1.29, 1.82) is 0 Å². The van der Waals surface area contributed by atoms with Gasteiger partial charge in [0.25, 0.3) is 0 Å². The van der Waals surface area contributed by atoms with Crippen molar-refractivity contribution in [2.24, 2.45) is 5.92 Å². The lowest BCUT2D eigenvalue weighted by atomic mass is 9.85. The highest BCUT2D eigenvalue weighted by atomic mass is 16.6. The van der Waals surface area contributed by atoms with E-state index in [1.165, 1.54) is 7.11 Å². The summed E-state index contributed by atoms with van der Waals surface area (Å²) in [5.41, 5.74) is 3.89. The maximum atomic E-state index is 12.0. The minimum Gasteiger partial charge on any atom is -0.496 e. The highest BCUT2D eigenvalue weighted by Crippen LogP contribution is 2.41. The van der Waals surface area contributed by atoms with E-state index in [4.69, 9.17) is 14.2 Å². The maximum absolute atomic E-state index is 12.0. The summed E-state index contributed by atoms with van der Waals surface area (Å²) in [6.45, 7) is 2.10. The number of carboxylic acid groups (broad SMARTS) is 1. The number of aromatic nitrogens is 1. The second-order valence-corrected chi connectivity index (χ2v) is 8.40. The van der Waals surface area contributed by atoms with Crippen LogP contribution in [0.1, 0.15) is 65.3 Å². The Morgan fingerprint density at radius 1 is 1.18 bits per heavy atom. The van der Waals surface area contributed by atoms with Crippen LogP contribution in [0.15, 0.2) is 42.6 Å². The molecule has 3 unspecified atom stereocenters. The number of benzene rings is 2. The highest BCUT2D eigenvalue weighted by Gasteiger charge is 2.41. The van der Waals surface area contributed by atoms with Crippen LogP contribution >= 0.6 is 0 Å². The Balaban J connectivity index is 1.79. The number of nitrogens with one attached hydrogen (secondary N) is 1. The molecule has 2 heterocycles. The number of hydrogen-bond donors (Lipinski definition) is 2. The van der Waals surface area contributed by atoms with Gasteiger partial charge >= 0.3 is 17.9 Å². The molecule has 1 saturated heterocycles. The number of carboxylic acids is 1. The SMILES string of the molecule is CCCC(c1ccc(C(=O)OC)cc1OC)c1c[nH]c2ccc(C3OC(=O)CC3C(=O)O)cc12. The van der Waals surface area contributed by atoms with Crippen molar-refractivity contribution in [3.05, 3.63) is 64.8 Å². The van der Waals surface area contributed by atoms with Crippen LogP contribution in [-0.4, -0.2) is 42.2 Å². The fourth-order valence-corrected chi connectivity index (χ4v) is 4.71. The molecule has 34 heavy (non-hydrogen) atoms. The van der Waals surface area contributed by atoms with Crippen LogP contribution in [0.25, 0.3) is 10.9 Å². The van der Waals surface area contributed by atoms with E-state index in [-0.39, 0.29) is 12.3 Å². The lowest BCUT2D eigenvalue weighted by molar-refractivity contribution is -0.144. The average molecular weight is 466 g/mol. The summed E-state index contributed by atoms with van der Waals surface area (Å²) in [5.74, 6) is -2.37. The van der Waals surface area contributed by atoms with Gasteiger partial charge in [0, 0.05) is 28.6 Å². The summed E-state index contributed by atoms with van der Waals surface area (Å²) in [4.78, 5) is 38.8. The third kappa shape index (κ3) is 4.23. The predicted octanol–water partition coefficient (Wildman–Crippen LogP) is 4.58. The number of aromatic amines is 1. The number of fused-ring (bicyclic) bond motifs is 1.